The number of benzene rings is 2. The lowest BCUT2D eigenvalue weighted by Crippen LogP contribution is -2.55. The summed E-state index contributed by atoms with van der Waals surface area (Å²) in [6.45, 7) is 7.74. The maximum Gasteiger partial charge on any atom is 0.240 e. The molecule has 0 aromatic heterocycles. The van der Waals surface area contributed by atoms with E-state index in [1.165, 1.54) is 24.3 Å². The van der Waals surface area contributed by atoms with Crippen LogP contribution in [0.4, 0.5) is 0 Å². The average Bonchev–Trinajstić information content (AvgIpc) is 2.87. The molecule has 2 rings (SSSR count). The number of aliphatic hydroxyl groups excluding tert-OH is 2. The van der Waals surface area contributed by atoms with Gasteiger partial charge in [-0.15, -0.1) is 0 Å². The number of aliphatic hydroxyl groups is 2. The number of rotatable bonds is 17. The Balaban J connectivity index is 2.31. The Morgan fingerprint density at radius 1 is 0.605 bits per heavy atom. The molecular weight excluding hydrogens is 524 g/mol. The van der Waals surface area contributed by atoms with Crippen LogP contribution >= 0.6 is 0 Å². The maximum atomic E-state index is 13.1. The second-order valence-corrected chi connectivity index (χ2v) is 13.5. The Labute approximate surface area is 229 Å². The number of hydrogen-bond acceptors (Lipinski definition) is 6. The molecular formula is C28H44N2O6S2. The van der Waals surface area contributed by atoms with Crippen LogP contribution in [0.25, 0.3) is 0 Å². The summed E-state index contributed by atoms with van der Waals surface area (Å²) in [6, 6.07) is 10.7. The molecule has 0 saturated heterocycles. The zero-order valence-corrected chi connectivity index (χ0v) is 24.6. The van der Waals surface area contributed by atoms with Crippen molar-refractivity contribution in [3.05, 3.63) is 59.7 Å². The van der Waals surface area contributed by atoms with Crippen molar-refractivity contribution in [1.82, 2.24) is 9.44 Å². The van der Waals surface area contributed by atoms with Crippen LogP contribution < -0.4 is 9.44 Å². The summed E-state index contributed by atoms with van der Waals surface area (Å²) in [5.74, 6) is 0. The lowest BCUT2D eigenvalue weighted by atomic mass is 9.93. The lowest BCUT2D eigenvalue weighted by molar-refractivity contribution is -0.0196. The van der Waals surface area contributed by atoms with Gasteiger partial charge in [-0.1, -0.05) is 87.8 Å². The molecule has 4 N–H and O–H groups in total. The van der Waals surface area contributed by atoms with Gasteiger partial charge in [-0.25, -0.2) is 26.3 Å². The molecule has 0 aliphatic rings. The van der Waals surface area contributed by atoms with E-state index in [9.17, 15) is 27.0 Å². The molecule has 0 amide bonds. The summed E-state index contributed by atoms with van der Waals surface area (Å²) in [4.78, 5) is 0.120. The number of aryl methyl sites for hydroxylation is 2. The summed E-state index contributed by atoms with van der Waals surface area (Å²) in [5.41, 5.74) is 1.82. The Kier molecular flexibility index (Phi) is 12.9. The highest BCUT2D eigenvalue weighted by Gasteiger charge is 2.36. The van der Waals surface area contributed by atoms with Gasteiger partial charge in [-0.2, -0.15) is 0 Å². The van der Waals surface area contributed by atoms with Gasteiger partial charge >= 0.3 is 0 Å². The summed E-state index contributed by atoms with van der Waals surface area (Å²) in [6.07, 6.45) is 2.25. The fraction of sp³-hybridized carbons (Fsp3) is 0.571. The largest absolute Gasteiger partial charge is 0.389 e. The van der Waals surface area contributed by atoms with Gasteiger partial charge in [0.2, 0.25) is 20.0 Å². The van der Waals surface area contributed by atoms with E-state index in [-0.39, 0.29) is 9.79 Å². The molecule has 214 valence electrons. The predicted octanol–water partition coefficient (Wildman–Crippen LogP) is 4.18. The van der Waals surface area contributed by atoms with Crippen molar-refractivity contribution in [1.29, 1.82) is 0 Å². The molecule has 2 aromatic carbocycles. The third kappa shape index (κ3) is 9.73. The highest BCUT2D eigenvalue weighted by Crippen LogP contribution is 2.21. The molecule has 0 saturated carbocycles. The second kappa shape index (κ2) is 15.1. The van der Waals surface area contributed by atoms with Crippen LogP contribution in [0.5, 0.6) is 0 Å². The summed E-state index contributed by atoms with van der Waals surface area (Å²) >= 11 is 0. The Morgan fingerprint density at radius 2 is 0.921 bits per heavy atom. The van der Waals surface area contributed by atoms with E-state index >= 15 is 0 Å². The zero-order valence-electron chi connectivity index (χ0n) is 22.9. The van der Waals surface area contributed by atoms with Crippen LogP contribution in [0.1, 0.15) is 76.3 Å². The fourth-order valence-corrected chi connectivity index (χ4v) is 6.85. The van der Waals surface area contributed by atoms with E-state index < -0.39 is 44.3 Å². The van der Waals surface area contributed by atoms with Crippen molar-refractivity contribution in [2.24, 2.45) is 0 Å². The van der Waals surface area contributed by atoms with Crippen LogP contribution in [0.2, 0.25) is 0 Å². The number of hydrogen-bond donors (Lipinski definition) is 4. The SMILES string of the molecule is CCCCC[C@H](NS(=O)(=O)c1ccc(C)cc1)[C@@H](O)[C@H](O)[C@H](CCCCC)NS(=O)(=O)c1ccc(C)cc1. The van der Waals surface area contributed by atoms with Crippen LogP contribution in [0.3, 0.4) is 0 Å². The third-order valence-corrected chi connectivity index (χ3v) is 9.70. The van der Waals surface area contributed by atoms with Crippen LogP contribution in [-0.2, 0) is 20.0 Å². The van der Waals surface area contributed by atoms with Crippen molar-refractivity contribution in [2.45, 2.75) is 113 Å². The first kappa shape index (κ1) is 32.4. The summed E-state index contributed by atoms with van der Waals surface area (Å²) < 4.78 is 57.6. The first-order valence-electron chi connectivity index (χ1n) is 13.5. The minimum absolute atomic E-state index is 0.0600. The van der Waals surface area contributed by atoms with Crippen LogP contribution in [0, 0.1) is 13.8 Å². The quantitative estimate of drug-likeness (QED) is 0.212. The van der Waals surface area contributed by atoms with Gasteiger partial charge < -0.3 is 10.2 Å². The van der Waals surface area contributed by atoms with E-state index in [0.717, 1.165) is 36.8 Å². The molecule has 10 heteroatoms. The molecule has 0 bridgehead atoms. The minimum atomic E-state index is -3.98. The zero-order chi connectivity index (χ0) is 28.3. The highest BCUT2D eigenvalue weighted by atomic mass is 32.2. The number of sulfonamides is 2. The van der Waals surface area contributed by atoms with Crippen molar-refractivity contribution in [2.75, 3.05) is 0 Å². The van der Waals surface area contributed by atoms with Gasteiger partial charge in [-0.3, -0.25) is 0 Å². The lowest BCUT2D eigenvalue weighted by Gasteiger charge is -2.32. The minimum Gasteiger partial charge on any atom is -0.389 e. The molecule has 0 heterocycles. The molecule has 2 aromatic rings. The Bertz CT molecular complexity index is 1090. The predicted molar refractivity (Wildman–Crippen MR) is 151 cm³/mol. The summed E-state index contributed by atoms with van der Waals surface area (Å²) in [7, 11) is -7.96. The van der Waals surface area contributed by atoms with E-state index in [1.807, 2.05) is 27.7 Å². The first-order chi connectivity index (χ1) is 17.9. The molecule has 4 atom stereocenters. The molecule has 38 heavy (non-hydrogen) atoms. The van der Waals surface area contributed by atoms with Gasteiger partial charge in [0.05, 0.1) is 34.1 Å². The maximum absolute atomic E-state index is 13.1. The molecule has 0 aliphatic heterocycles. The summed E-state index contributed by atoms with van der Waals surface area (Å²) in [5, 5.41) is 22.5. The van der Waals surface area contributed by atoms with E-state index in [1.54, 1.807) is 24.3 Å². The van der Waals surface area contributed by atoms with Crippen molar-refractivity contribution >= 4 is 20.0 Å². The van der Waals surface area contributed by atoms with E-state index in [0.29, 0.717) is 25.7 Å². The first-order valence-corrected chi connectivity index (χ1v) is 16.4. The van der Waals surface area contributed by atoms with Crippen molar-refractivity contribution < 1.29 is 27.0 Å². The van der Waals surface area contributed by atoms with Gasteiger partial charge in [0.25, 0.3) is 0 Å². The molecule has 0 fully saturated rings. The number of unbranched alkanes of at least 4 members (excludes halogenated alkanes) is 4. The molecule has 0 spiro atoms. The van der Waals surface area contributed by atoms with E-state index in [2.05, 4.69) is 9.44 Å². The highest BCUT2D eigenvalue weighted by molar-refractivity contribution is 7.89. The molecule has 0 aliphatic carbocycles. The average molecular weight is 569 g/mol. The van der Waals surface area contributed by atoms with Gasteiger partial charge in [0, 0.05) is 0 Å². The fourth-order valence-electron chi connectivity index (χ4n) is 4.27. The smallest absolute Gasteiger partial charge is 0.240 e. The van der Waals surface area contributed by atoms with Crippen LogP contribution in [0.15, 0.2) is 58.3 Å². The van der Waals surface area contributed by atoms with Crippen molar-refractivity contribution in [3.8, 4) is 0 Å². The third-order valence-electron chi connectivity index (χ3n) is 6.69. The molecule has 8 nitrogen and oxygen atoms in total. The second-order valence-electron chi connectivity index (χ2n) is 10.1. The van der Waals surface area contributed by atoms with Gasteiger partial charge in [-0.05, 0) is 51.0 Å². The standard InChI is InChI=1S/C28H44N2O6S2/c1-5-7-9-11-25(29-37(33,34)23-17-13-21(3)14-18-23)27(31)28(32)26(12-10-8-6-2)30-38(35,36)24-19-15-22(4)16-20-24/h13-20,25-32H,5-12H2,1-4H3/t25-,26-,27+,28+/m0/s1. The monoisotopic (exact) mass is 568 g/mol. The molecule has 0 radical (unpaired) electrons. The Morgan fingerprint density at radius 3 is 1.21 bits per heavy atom. The Hall–Kier alpha value is -1.82. The normalized spacial score (nSPS) is 15.6. The van der Waals surface area contributed by atoms with E-state index in [4.69, 9.17) is 0 Å². The molecule has 0 unspecified atom stereocenters. The van der Waals surface area contributed by atoms with Gasteiger partial charge in [0.15, 0.2) is 0 Å². The van der Waals surface area contributed by atoms with Crippen molar-refractivity contribution in [3.63, 3.8) is 0 Å². The number of nitrogens with one attached hydrogen (secondary N) is 2. The topological polar surface area (TPSA) is 133 Å². The van der Waals surface area contributed by atoms with Gasteiger partial charge in [0.1, 0.15) is 0 Å². The van der Waals surface area contributed by atoms with Crippen LogP contribution in [-0.4, -0.2) is 51.3 Å².